The maximum Gasteiger partial charge on any atom is 0.286 e. The molecule has 1 aromatic rings. The second-order valence-electron chi connectivity index (χ2n) is 2.86. The Hall–Kier alpha value is -0.970. The molecule has 1 unspecified atom stereocenters. The second-order valence-corrected chi connectivity index (χ2v) is 2.86. The lowest BCUT2D eigenvalue weighted by Gasteiger charge is -2.06. The van der Waals surface area contributed by atoms with Gasteiger partial charge in [-0.3, -0.25) is 0 Å². The van der Waals surface area contributed by atoms with Crippen molar-refractivity contribution in [1.82, 2.24) is 9.97 Å². The summed E-state index contributed by atoms with van der Waals surface area (Å²) < 4.78 is 25.2. The number of halogens is 2. The molecule has 0 aliphatic heterocycles. The van der Waals surface area contributed by atoms with E-state index in [0.717, 1.165) is 13.1 Å². The first kappa shape index (κ1) is 9.12. The number of nitrogens with one attached hydrogen (secondary N) is 1. The first-order valence-electron chi connectivity index (χ1n) is 3.60. The average Bonchev–Trinajstić information content (AvgIpc) is 2.30. The second kappa shape index (κ2) is 2.82. The van der Waals surface area contributed by atoms with Crippen molar-refractivity contribution in [3.05, 3.63) is 17.7 Å². The highest BCUT2D eigenvalue weighted by Crippen LogP contribution is 2.25. The monoisotopic (exact) mass is 175 g/mol. The van der Waals surface area contributed by atoms with Gasteiger partial charge in [0.1, 0.15) is 11.5 Å². The quantitative estimate of drug-likeness (QED) is 0.716. The van der Waals surface area contributed by atoms with Crippen molar-refractivity contribution in [3.8, 4) is 0 Å². The van der Waals surface area contributed by atoms with Gasteiger partial charge in [-0.1, -0.05) is 0 Å². The van der Waals surface area contributed by atoms with Crippen molar-refractivity contribution >= 4 is 0 Å². The van der Waals surface area contributed by atoms with E-state index in [4.69, 9.17) is 5.73 Å². The molecule has 0 aliphatic rings. The van der Waals surface area contributed by atoms with Crippen molar-refractivity contribution in [1.29, 1.82) is 0 Å². The Bertz CT molecular complexity index is 262. The summed E-state index contributed by atoms with van der Waals surface area (Å²) in [5, 5.41) is 0. The Morgan fingerprint density at radius 1 is 1.67 bits per heavy atom. The summed E-state index contributed by atoms with van der Waals surface area (Å²) in [7, 11) is 0. The van der Waals surface area contributed by atoms with Crippen LogP contribution in [0, 0.1) is 0 Å². The van der Waals surface area contributed by atoms with Gasteiger partial charge in [0.15, 0.2) is 0 Å². The van der Waals surface area contributed by atoms with E-state index in [2.05, 4.69) is 9.97 Å². The Morgan fingerprint density at radius 3 is 2.50 bits per heavy atom. The number of nitrogens with two attached hydrogens (primary N) is 1. The summed E-state index contributed by atoms with van der Waals surface area (Å²) in [6.45, 7) is 2.49. The first-order valence-corrected chi connectivity index (χ1v) is 3.60. The van der Waals surface area contributed by atoms with Gasteiger partial charge >= 0.3 is 0 Å². The van der Waals surface area contributed by atoms with Gasteiger partial charge in [-0.05, 0) is 6.92 Å². The highest BCUT2D eigenvalue weighted by molar-refractivity contribution is 5.08. The molecular formula is C7H11F2N3. The predicted molar refractivity (Wildman–Crippen MR) is 40.8 cm³/mol. The molecule has 0 fully saturated rings. The summed E-state index contributed by atoms with van der Waals surface area (Å²) in [6, 6.07) is -0.346. The average molecular weight is 175 g/mol. The van der Waals surface area contributed by atoms with Crippen LogP contribution in [0.3, 0.4) is 0 Å². The lowest BCUT2D eigenvalue weighted by Crippen LogP contribution is -2.10. The SMILES string of the molecule is CC(N)c1ncc(C(C)(F)F)[nH]1. The van der Waals surface area contributed by atoms with Crippen molar-refractivity contribution in [2.24, 2.45) is 5.73 Å². The lowest BCUT2D eigenvalue weighted by molar-refractivity contribution is 0.0131. The molecule has 0 spiro atoms. The summed E-state index contributed by atoms with van der Waals surface area (Å²) in [6.07, 6.45) is 1.11. The molecule has 3 nitrogen and oxygen atoms in total. The molecule has 1 heterocycles. The van der Waals surface area contributed by atoms with E-state index in [9.17, 15) is 8.78 Å². The number of hydrogen-bond donors (Lipinski definition) is 2. The van der Waals surface area contributed by atoms with Gasteiger partial charge in [-0.2, -0.15) is 8.78 Å². The van der Waals surface area contributed by atoms with Crippen LogP contribution in [0.1, 0.15) is 31.4 Å². The van der Waals surface area contributed by atoms with Crippen molar-refractivity contribution < 1.29 is 8.78 Å². The van der Waals surface area contributed by atoms with E-state index in [-0.39, 0.29) is 11.7 Å². The van der Waals surface area contributed by atoms with Gasteiger partial charge < -0.3 is 10.7 Å². The fourth-order valence-electron chi connectivity index (χ4n) is 0.791. The molecule has 0 amide bonds. The molecule has 0 radical (unpaired) electrons. The standard InChI is InChI=1S/C7H11F2N3/c1-4(10)6-11-3-5(12-6)7(2,8)9/h3-4H,10H2,1-2H3,(H,11,12). The van der Waals surface area contributed by atoms with Crippen LogP contribution in [0.25, 0.3) is 0 Å². The molecule has 0 aromatic carbocycles. The molecule has 0 aliphatic carbocycles. The van der Waals surface area contributed by atoms with Gasteiger partial charge in [0.25, 0.3) is 5.92 Å². The maximum absolute atomic E-state index is 12.6. The van der Waals surface area contributed by atoms with Gasteiger partial charge in [0, 0.05) is 6.92 Å². The van der Waals surface area contributed by atoms with Crippen LogP contribution in [0.5, 0.6) is 0 Å². The lowest BCUT2D eigenvalue weighted by atomic mass is 10.3. The summed E-state index contributed by atoms with van der Waals surface area (Å²) in [4.78, 5) is 6.19. The van der Waals surface area contributed by atoms with Crippen LogP contribution < -0.4 is 5.73 Å². The summed E-state index contributed by atoms with van der Waals surface area (Å²) in [5.41, 5.74) is 5.23. The number of imidazole rings is 1. The Labute approximate surface area is 69.0 Å². The fourth-order valence-corrected chi connectivity index (χ4v) is 0.791. The topological polar surface area (TPSA) is 54.7 Å². The van der Waals surface area contributed by atoms with Crippen molar-refractivity contribution in [2.45, 2.75) is 25.8 Å². The number of aromatic nitrogens is 2. The molecule has 1 aromatic heterocycles. The summed E-state index contributed by atoms with van der Waals surface area (Å²) in [5.74, 6) is -2.49. The molecular weight excluding hydrogens is 164 g/mol. The normalized spacial score (nSPS) is 14.8. The van der Waals surface area contributed by atoms with Gasteiger partial charge in [0.2, 0.25) is 0 Å². The molecule has 3 N–H and O–H groups in total. The maximum atomic E-state index is 12.6. The third-order valence-corrected chi connectivity index (χ3v) is 1.50. The van der Waals surface area contributed by atoms with Gasteiger partial charge in [-0.25, -0.2) is 4.98 Å². The smallest absolute Gasteiger partial charge is 0.286 e. The molecule has 0 bridgehead atoms. The van der Waals surface area contributed by atoms with Crippen LogP contribution in [0.15, 0.2) is 6.20 Å². The largest absolute Gasteiger partial charge is 0.340 e. The van der Waals surface area contributed by atoms with Gasteiger partial charge in [-0.15, -0.1) is 0 Å². The van der Waals surface area contributed by atoms with Gasteiger partial charge in [0.05, 0.1) is 12.2 Å². The number of hydrogen-bond acceptors (Lipinski definition) is 2. The number of aromatic amines is 1. The number of nitrogens with zero attached hydrogens (tertiary/aromatic N) is 1. The van der Waals surface area contributed by atoms with E-state index in [1.165, 1.54) is 0 Å². The zero-order valence-electron chi connectivity index (χ0n) is 6.94. The molecule has 0 saturated carbocycles. The van der Waals surface area contributed by atoms with E-state index < -0.39 is 5.92 Å². The third-order valence-electron chi connectivity index (χ3n) is 1.50. The highest BCUT2D eigenvalue weighted by Gasteiger charge is 2.26. The Balaban J connectivity index is 2.92. The molecule has 1 atom stereocenters. The van der Waals surface area contributed by atoms with Crippen LogP contribution in [0.4, 0.5) is 8.78 Å². The van der Waals surface area contributed by atoms with E-state index in [1.807, 2.05) is 0 Å². The number of alkyl halides is 2. The Morgan fingerprint density at radius 2 is 2.25 bits per heavy atom. The fraction of sp³-hybridized carbons (Fsp3) is 0.571. The Kier molecular flexibility index (Phi) is 2.14. The number of rotatable bonds is 2. The van der Waals surface area contributed by atoms with Crippen LogP contribution in [0.2, 0.25) is 0 Å². The number of H-pyrrole nitrogens is 1. The van der Waals surface area contributed by atoms with Crippen molar-refractivity contribution in [2.75, 3.05) is 0 Å². The first-order chi connectivity index (χ1) is 5.41. The van der Waals surface area contributed by atoms with Crippen molar-refractivity contribution in [3.63, 3.8) is 0 Å². The molecule has 12 heavy (non-hydrogen) atoms. The zero-order chi connectivity index (χ0) is 9.35. The van der Waals surface area contributed by atoms with E-state index >= 15 is 0 Å². The predicted octanol–water partition coefficient (Wildman–Crippen LogP) is 1.54. The molecule has 5 heteroatoms. The third kappa shape index (κ3) is 1.79. The van der Waals surface area contributed by atoms with Crippen LogP contribution >= 0.6 is 0 Å². The van der Waals surface area contributed by atoms with E-state index in [1.54, 1.807) is 6.92 Å². The van der Waals surface area contributed by atoms with Crippen LogP contribution in [-0.4, -0.2) is 9.97 Å². The highest BCUT2D eigenvalue weighted by atomic mass is 19.3. The minimum Gasteiger partial charge on any atom is -0.340 e. The molecule has 0 saturated heterocycles. The minimum atomic E-state index is -2.87. The van der Waals surface area contributed by atoms with Crippen LogP contribution in [-0.2, 0) is 5.92 Å². The van der Waals surface area contributed by atoms with E-state index in [0.29, 0.717) is 5.82 Å². The molecule has 68 valence electrons. The summed E-state index contributed by atoms with van der Waals surface area (Å²) >= 11 is 0. The zero-order valence-corrected chi connectivity index (χ0v) is 6.94. The molecule has 1 rings (SSSR count). The minimum absolute atomic E-state index is 0.199.